The fourth-order valence-corrected chi connectivity index (χ4v) is 2.73. The molecule has 150 valence electrons. The molecule has 0 spiro atoms. The zero-order valence-electron chi connectivity index (χ0n) is 16.7. The van der Waals surface area contributed by atoms with Crippen molar-refractivity contribution in [1.29, 1.82) is 0 Å². The molecule has 0 aliphatic heterocycles. The lowest BCUT2D eigenvalue weighted by Crippen LogP contribution is -2.17. The first-order valence-electron chi connectivity index (χ1n) is 8.94. The van der Waals surface area contributed by atoms with E-state index in [9.17, 15) is 9.18 Å². The van der Waals surface area contributed by atoms with E-state index in [0.717, 1.165) is 34.7 Å². The first-order chi connectivity index (χ1) is 13.9. The Labute approximate surface area is 170 Å². The van der Waals surface area contributed by atoms with Gasteiger partial charge in [-0.25, -0.2) is 9.37 Å². The first kappa shape index (κ1) is 21.6. The molecule has 0 atom stereocenters. The molecule has 1 aromatic carbocycles. The van der Waals surface area contributed by atoms with Crippen molar-refractivity contribution >= 4 is 17.3 Å². The SMILES string of the molecule is C=C/C(F)=C(C)\C(=C/N)C(=O)Nc1ccc(/C(=C\C)c2ccc(OC)cc2)cn1. The van der Waals surface area contributed by atoms with E-state index in [-0.39, 0.29) is 11.1 Å². The molecular formula is C23H24FN3O2. The van der Waals surface area contributed by atoms with E-state index in [1.54, 1.807) is 19.4 Å². The topological polar surface area (TPSA) is 77.2 Å². The number of hydrogen-bond acceptors (Lipinski definition) is 4. The normalized spacial score (nSPS) is 12.8. The molecule has 1 heterocycles. The van der Waals surface area contributed by atoms with Crippen LogP contribution in [-0.4, -0.2) is 18.0 Å². The Morgan fingerprint density at radius 1 is 1.21 bits per heavy atom. The van der Waals surface area contributed by atoms with Crippen LogP contribution in [0.2, 0.25) is 0 Å². The summed E-state index contributed by atoms with van der Waals surface area (Å²) in [4.78, 5) is 16.7. The molecule has 0 radical (unpaired) electrons. The molecule has 3 N–H and O–H groups in total. The summed E-state index contributed by atoms with van der Waals surface area (Å²) in [6.45, 7) is 6.75. The molecule has 0 aliphatic rings. The standard InChI is InChI=1S/C23H24FN3O2/c1-5-19(16-7-10-18(29-4)11-8-16)17-9-12-22(26-14-17)27-23(28)20(13-25)15(3)21(24)6-2/h5-14H,2,25H2,1,3-4H3,(H,26,27,28)/b19-5-,20-13+,21-15+. The van der Waals surface area contributed by atoms with Crippen molar-refractivity contribution in [2.45, 2.75) is 13.8 Å². The van der Waals surface area contributed by atoms with Crippen molar-refractivity contribution in [3.8, 4) is 5.75 Å². The number of hydrogen-bond donors (Lipinski definition) is 2. The van der Waals surface area contributed by atoms with Gasteiger partial charge in [0.1, 0.15) is 17.4 Å². The van der Waals surface area contributed by atoms with Crippen LogP contribution in [0.5, 0.6) is 5.75 Å². The number of aromatic nitrogens is 1. The summed E-state index contributed by atoms with van der Waals surface area (Å²) in [6.07, 6.45) is 5.73. The molecule has 2 rings (SSSR count). The molecule has 0 aliphatic carbocycles. The summed E-state index contributed by atoms with van der Waals surface area (Å²) in [5.74, 6) is -0.0579. The van der Waals surface area contributed by atoms with E-state index in [1.807, 2.05) is 43.3 Å². The summed E-state index contributed by atoms with van der Waals surface area (Å²) >= 11 is 0. The number of allylic oxidation sites excluding steroid dienone is 3. The second-order valence-electron chi connectivity index (χ2n) is 6.07. The number of rotatable bonds is 7. The number of carbonyl (C=O) groups is 1. The van der Waals surface area contributed by atoms with Crippen molar-refractivity contribution in [2.24, 2.45) is 5.73 Å². The number of methoxy groups -OCH3 is 1. The molecule has 0 unspecified atom stereocenters. The number of carbonyl (C=O) groups excluding carboxylic acids is 1. The molecule has 0 fully saturated rings. The molecule has 0 saturated carbocycles. The lowest BCUT2D eigenvalue weighted by Gasteiger charge is -2.11. The number of pyridine rings is 1. The molecule has 0 saturated heterocycles. The van der Waals surface area contributed by atoms with Crippen LogP contribution in [0.4, 0.5) is 10.2 Å². The van der Waals surface area contributed by atoms with E-state index < -0.39 is 11.7 Å². The highest BCUT2D eigenvalue weighted by Crippen LogP contribution is 2.25. The minimum Gasteiger partial charge on any atom is -0.497 e. The van der Waals surface area contributed by atoms with Crippen LogP contribution >= 0.6 is 0 Å². The smallest absolute Gasteiger partial charge is 0.258 e. The van der Waals surface area contributed by atoms with Gasteiger partial charge in [0, 0.05) is 18.0 Å². The Morgan fingerprint density at radius 3 is 2.34 bits per heavy atom. The largest absolute Gasteiger partial charge is 0.497 e. The fourth-order valence-electron chi connectivity index (χ4n) is 2.73. The summed E-state index contributed by atoms with van der Waals surface area (Å²) in [6, 6.07) is 11.2. The number of ether oxygens (including phenoxy) is 1. The molecule has 6 heteroatoms. The predicted molar refractivity (Wildman–Crippen MR) is 115 cm³/mol. The number of nitrogens with zero attached hydrogens (tertiary/aromatic N) is 1. The van der Waals surface area contributed by atoms with Crippen LogP contribution in [0.1, 0.15) is 25.0 Å². The zero-order chi connectivity index (χ0) is 21.4. The summed E-state index contributed by atoms with van der Waals surface area (Å²) in [7, 11) is 1.62. The molecule has 2 aromatic rings. The van der Waals surface area contributed by atoms with Gasteiger partial charge in [-0.15, -0.1) is 0 Å². The van der Waals surface area contributed by atoms with Gasteiger partial charge in [0.05, 0.1) is 12.7 Å². The van der Waals surface area contributed by atoms with Crippen molar-refractivity contribution < 1.29 is 13.9 Å². The number of anilines is 1. The van der Waals surface area contributed by atoms with E-state index in [1.165, 1.54) is 6.92 Å². The second kappa shape index (κ2) is 10.0. The van der Waals surface area contributed by atoms with Gasteiger partial charge in [-0.2, -0.15) is 0 Å². The highest BCUT2D eigenvalue weighted by molar-refractivity contribution is 6.06. The molecule has 1 amide bonds. The number of nitrogens with one attached hydrogen (secondary N) is 1. The highest BCUT2D eigenvalue weighted by atomic mass is 19.1. The van der Waals surface area contributed by atoms with Crippen LogP contribution in [-0.2, 0) is 4.79 Å². The monoisotopic (exact) mass is 393 g/mol. The van der Waals surface area contributed by atoms with Gasteiger partial charge >= 0.3 is 0 Å². The summed E-state index contributed by atoms with van der Waals surface area (Å²) < 4.78 is 18.9. The van der Waals surface area contributed by atoms with Gasteiger partial charge in [-0.05, 0) is 60.9 Å². The zero-order valence-corrected chi connectivity index (χ0v) is 16.7. The van der Waals surface area contributed by atoms with E-state index in [2.05, 4.69) is 16.9 Å². The number of halogens is 1. The summed E-state index contributed by atoms with van der Waals surface area (Å²) in [5, 5.41) is 2.62. The van der Waals surface area contributed by atoms with E-state index in [0.29, 0.717) is 5.82 Å². The minimum absolute atomic E-state index is 0.0145. The maximum absolute atomic E-state index is 13.7. The van der Waals surface area contributed by atoms with Crippen LogP contribution in [0.15, 0.2) is 84.5 Å². The molecule has 29 heavy (non-hydrogen) atoms. The predicted octanol–water partition coefficient (Wildman–Crippen LogP) is 4.75. The molecule has 0 bridgehead atoms. The molecule has 1 aromatic heterocycles. The van der Waals surface area contributed by atoms with Crippen molar-refractivity contribution in [1.82, 2.24) is 4.98 Å². The Balaban J connectivity index is 2.20. The van der Waals surface area contributed by atoms with Gasteiger partial charge in [-0.3, -0.25) is 4.79 Å². The highest BCUT2D eigenvalue weighted by Gasteiger charge is 2.15. The third-order valence-corrected chi connectivity index (χ3v) is 4.36. The van der Waals surface area contributed by atoms with Crippen LogP contribution in [0, 0.1) is 0 Å². The maximum Gasteiger partial charge on any atom is 0.258 e. The van der Waals surface area contributed by atoms with Gasteiger partial charge in [0.2, 0.25) is 0 Å². The van der Waals surface area contributed by atoms with Crippen molar-refractivity contribution in [2.75, 3.05) is 12.4 Å². The van der Waals surface area contributed by atoms with Crippen molar-refractivity contribution in [3.05, 3.63) is 95.6 Å². The fraction of sp³-hybridized carbons (Fsp3) is 0.130. The first-order valence-corrected chi connectivity index (χ1v) is 8.94. The minimum atomic E-state index is -0.614. The van der Waals surface area contributed by atoms with Crippen molar-refractivity contribution in [3.63, 3.8) is 0 Å². The quantitative estimate of drug-likeness (QED) is 0.526. The number of benzene rings is 1. The molecular weight excluding hydrogens is 369 g/mol. The Morgan fingerprint density at radius 2 is 1.86 bits per heavy atom. The second-order valence-corrected chi connectivity index (χ2v) is 6.07. The van der Waals surface area contributed by atoms with Gasteiger partial charge < -0.3 is 15.8 Å². The van der Waals surface area contributed by atoms with Crippen LogP contribution in [0.25, 0.3) is 5.57 Å². The van der Waals surface area contributed by atoms with E-state index in [4.69, 9.17) is 10.5 Å². The maximum atomic E-state index is 13.7. The average molecular weight is 393 g/mol. The lowest BCUT2D eigenvalue weighted by molar-refractivity contribution is -0.112. The Hall–Kier alpha value is -3.67. The van der Waals surface area contributed by atoms with Crippen LogP contribution < -0.4 is 15.8 Å². The van der Waals surface area contributed by atoms with Gasteiger partial charge in [0.15, 0.2) is 0 Å². The summed E-state index contributed by atoms with van der Waals surface area (Å²) in [5.41, 5.74) is 8.51. The third-order valence-electron chi connectivity index (χ3n) is 4.36. The van der Waals surface area contributed by atoms with Crippen LogP contribution in [0.3, 0.4) is 0 Å². The number of amides is 1. The van der Waals surface area contributed by atoms with Gasteiger partial charge in [0.25, 0.3) is 5.91 Å². The molecule has 5 nitrogen and oxygen atoms in total. The number of nitrogens with two attached hydrogens (primary N) is 1. The van der Waals surface area contributed by atoms with E-state index >= 15 is 0 Å². The Bertz CT molecular complexity index is 972. The third kappa shape index (κ3) is 5.19. The average Bonchev–Trinajstić information content (AvgIpc) is 2.75. The Kier molecular flexibility index (Phi) is 7.48. The van der Waals surface area contributed by atoms with Gasteiger partial charge in [-0.1, -0.05) is 24.8 Å². The lowest BCUT2D eigenvalue weighted by atomic mass is 9.99.